The Bertz CT molecular complexity index is 1210. The minimum absolute atomic E-state index is 0.0589. The van der Waals surface area contributed by atoms with Crippen LogP contribution >= 0.6 is 15.9 Å². The molecule has 1 aliphatic heterocycles. The number of pyridine rings is 1. The van der Waals surface area contributed by atoms with Gasteiger partial charge in [0.25, 0.3) is 5.56 Å². The maximum absolute atomic E-state index is 12.7. The van der Waals surface area contributed by atoms with Gasteiger partial charge in [0.15, 0.2) is 0 Å². The van der Waals surface area contributed by atoms with Crippen molar-refractivity contribution in [2.45, 2.75) is 19.5 Å². The standard InChI is InChI=1S/C21H18BrN5O/c22-15-3-4-16-14(10-24-19(16)8-15)11-27-7-5-18-17(12-27)21(28)26-20(25-18)13-2-1-6-23-9-13/h1-4,6,8-10,24H,5,7,11-12H2,(H,25,26,28). The van der Waals surface area contributed by atoms with Gasteiger partial charge in [0, 0.05) is 65.6 Å². The number of fused-ring (bicyclic) bond motifs is 2. The summed E-state index contributed by atoms with van der Waals surface area (Å²) in [5.41, 5.74) is 4.78. The number of benzene rings is 1. The molecule has 0 amide bonds. The lowest BCUT2D eigenvalue weighted by molar-refractivity contribution is 0.242. The first-order valence-corrected chi connectivity index (χ1v) is 9.97. The Hall–Kier alpha value is -2.77. The van der Waals surface area contributed by atoms with Gasteiger partial charge in [-0.15, -0.1) is 0 Å². The first-order valence-electron chi connectivity index (χ1n) is 9.18. The lowest BCUT2D eigenvalue weighted by Crippen LogP contribution is -2.35. The van der Waals surface area contributed by atoms with E-state index in [1.165, 1.54) is 10.9 Å². The molecule has 1 aliphatic rings. The lowest BCUT2D eigenvalue weighted by atomic mass is 10.1. The molecule has 3 aromatic heterocycles. The third-order valence-electron chi connectivity index (χ3n) is 5.21. The molecule has 0 fully saturated rings. The summed E-state index contributed by atoms with van der Waals surface area (Å²) in [6.45, 7) is 2.28. The third-order valence-corrected chi connectivity index (χ3v) is 5.70. The maximum atomic E-state index is 12.7. The minimum Gasteiger partial charge on any atom is -0.361 e. The second kappa shape index (κ2) is 7.00. The highest BCUT2D eigenvalue weighted by Gasteiger charge is 2.22. The number of aromatic nitrogens is 4. The summed E-state index contributed by atoms with van der Waals surface area (Å²) < 4.78 is 1.06. The van der Waals surface area contributed by atoms with Gasteiger partial charge in [-0.25, -0.2) is 4.98 Å². The van der Waals surface area contributed by atoms with Crippen molar-refractivity contribution in [1.29, 1.82) is 0 Å². The van der Waals surface area contributed by atoms with E-state index >= 15 is 0 Å². The first-order chi connectivity index (χ1) is 13.7. The molecule has 1 aromatic carbocycles. The van der Waals surface area contributed by atoms with Crippen molar-refractivity contribution in [3.8, 4) is 11.4 Å². The number of nitrogens with one attached hydrogen (secondary N) is 2. The van der Waals surface area contributed by atoms with E-state index in [2.05, 4.69) is 60.2 Å². The van der Waals surface area contributed by atoms with Crippen molar-refractivity contribution < 1.29 is 0 Å². The van der Waals surface area contributed by atoms with Crippen molar-refractivity contribution in [2.24, 2.45) is 0 Å². The Morgan fingerprint density at radius 1 is 1.25 bits per heavy atom. The van der Waals surface area contributed by atoms with Crippen LogP contribution < -0.4 is 5.56 Å². The van der Waals surface area contributed by atoms with Gasteiger partial charge < -0.3 is 9.97 Å². The third kappa shape index (κ3) is 3.16. The molecular formula is C21H18BrN5O. The number of H-pyrrole nitrogens is 2. The summed E-state index contributed by atoms with van der Waals surface area (Å²) in [6.07, 6.45) is 6.25. The van der Waals surface area contributed by atoms with Gasteiger partial charge in [-0.05, 0) is 29.8 Å². The van der Waals surface area contributed by atoms with E-state index in [-0.39, 0.29) is 5.56 Å². The van der Waals surface area contributed by atoms with E-state index < -0.39 is 0 Å². The summed E-state index contributed by atoms with van der Waals surface area (Å²) in [6, 6.07) is 10.0. The van der Waals surface area contributed by atoms with E-state index in [0.29, 0.717) is 12.4 Å². The molecular weight excluding hydrogens is 418 g/mol. The average molecular weight is 436 g/mol. The topological polar surface area (TPSA) is 77.7 Å². The summed E-state index contributed by atoms with van der Waals surface area (Å²) in [5, 5.41) is 1.22. The van der Waals surface area contributed by atoms with Crippen molar-refractivity contribution >= 4 is 26.8 Å². The van der Waals surface area contributed by atoms with Crippen LogP contribution in [0.5, 0.6) is 0 Å². The SMILES string of the molecule is O=c1[nH]c(-c2cccnc2)nc2c1CN(Cc1c[nH]c3cc(Br)ccc13)CC2. The monoisotopic (exact) mass is 435 g/mol. The second-order valence-corrected chi connectivity index (χ2v) is 7.96. The smallest absolute Gasteiger partial charge is 0.255 e. The largest absolute Gasteiger partial charge is 0.361 e. The van der Waals surface area contributed by atoms with Gasteiger partial charge in [-0.2, -0.15) is 0 Å². The molecule has 0 aliphatic carbocycles. The molecule has 4 aromatic rings. The molecule has 0 spiro atoms. The maximum Gasteiger partial charge on any atom is 0.255 e. The molecule has 0 radical (unpaired) electrons. The Balaban J connectivity index is 1.41. The number of nitrogens with zero attached hydrogens (tertiary/aromatic N) is 3. The molecule has 0 saturated carbocycles. The summed E-state index contributed by atoms with van der Waals surface area (Å²) in [7, 11) is 0. The van der Waals surface area contributed by atoms with E-state index in [0.717, 1.165) is 46.3 Å². The van der Waals surface area contributed by atoms with Gasteiger partial charge >= 0.3 is 0 Å². The van der Waals surface area contributed by atoms with Crippen LogP contribution in [0.1, 0.15) is 16.8 Å². The van der Waals surface area contributed by atoms with Crippen molar-refractivity contribution in [3.05, 3.63) is 80.6 Å². The van der Waals surface area contributed by atoms with Crippen molar-refractivity contribution in [3.63, 3.8) is 0 Å². The highest BCUT2D eigenvalue weighted by Crippen LogP contribution is 2.25. The zero-order valence-electron chi connectivity index (χ0n) is 15.1. The van der Waals surface area contributed by atoms with Crippen molar-refractivity contribution in [1.82, 2.24) is 24.8 Å². The second-order valence-electron chi connectivity index (χ2n) is 7.05. The van der Waals surface area contributed by atoms with Crippen LogP contribution in [0, 0.1) is 0 Å². The van der Waals surface area contributed by atoms with E-state index in [1.54, 1.807) is 12.4 Å². The van der Waals surface area contributed by atoms with Gasteiger partial charge in [-0.3, -0.25) is 14.7 Å². The Morgan fingerprint density at radius 3 is 3.04 bits per heavy atom. The van der Waals surface area contributed by atoms with E-state index in [4.69, 9.17) is 4.98 Å². The Kier molecular flexibility index (Phi) is 4.33. The molecule has 0 atom stereocenters. The molecule has 0 saturated heterocycles. The van der Waals surface area contributed by atoms with E-state index in [1.807, 2.05) is 12.1 Å². The first kappa shape index (κ1) is 17.3. The van der Waals surface area contributed by atoms with Gasteiger partial charge in [0.2, 0.25) is 0 Å². The number of rotatable bonds is 3. The molecule has 5 rings (SSSR count). The summed E-state index contributed by atoms with van der Waals surface area (Å²) >= 11 is 3.51. The molecule has 0 unspecified atom stereocenters. The number of hydrogen-bond acceptors (Lipinski definition) is 4. The zero-order chi connectivity index (χ0) is 19.1. The number of hydrogen-bond donors (Lipinski definition) is 2. The summed E-state index contributed by atoms with van der Waals surface area (Å²) in [5.74, 6) is 0.590. The van der Waals surface area contributed by atoms with Crippen LogP contribution in [0.3, 0.4) is 0 Å². The highest BCUT2D eigenvalue weighted by atomic mass is 79.9. The molecule has 28 heavy (non-hydrogen) atoms. The van der Waals surface area contributed by atoms with Gasteiger partial charge in [-0.1, -0.05) is 22.0 Å². The molecule has 0 bridgehead atoms. The fraction of sp³-hybridized carbons (Fsp3) is 0.190. The quantitative estimate of drug-likeness (QED) is 0.514. The Morgan fingerprint density at radius 2 is 2.18 bits per heavy atom. The number of halogens is 1. The van der Waals surface area contributed by atoms with Crippen LogP contribution in [0.25, 0.3) is 22.3 Å². The molecule has 7 heteroatoms. The predicted molar refractivity (Wildman–Crippen MR) is 112 cm³/mol. The lowest BCUT2D eigenvalue weighted by Gasteiger charge is -2.27. The fourth-order valence-electron chi connectivity index (χ4n) is 3.79. The Labute approximate surface area is 169 Å². The number of aromatic amines is 2. The fourth-order valence-corrected chi connectivity index (χ4v) is 4.15. The van der Waals surface area contributed by atoms with Crippen LogP contribution in [0.4, 0.5) is 0 Å². The van der Waals surface area contributed by atoms with Gasteiger partial charge in [0.05, 0.1) is 11.3 Å². The molecule has 2 N–H and O–H groups in total. The molecule has 6 nitrogen and oxygen atoms in total. The predicted octanol–water partition coefficient (Wildman–Crippen LogP) is 3.63. The average Bonchev–Trinajstić information content (AvgIpc) is 3.10. The minimum atomic E-state index is -0.0589. The van der Waals surface area contributed by atoms with Gasteiger partial charge in [0.1, 0.15) is 5.82 Å². The van der Waals surface area contributed by atoms with Crippen LogP contribution in [0.2, 0.25) is 0 Å². The van der Waals surface area contributed by atoms with Crippen LogP contribution in [-0.2, 0) is 19.5 Å². The van der Waals surface area contributed by atoms with E-state index in [9.17, 15) is 4.79 Å². The van der Waals surface area contributed by atoms with Crippen LogP contribution in [0.15, 0.2) is 58.2 Å². The molecule has 140 valence electrons. The zero-order valence-corrected chi connectivity index (χ0v) is 16.7. The van der Waals surface area contributed by atoms with Crippen molar-refractivity contribution in [2.75, 3.05) is 6.54 Å². The molecule has 4 heterocycles. The summed E-state index contributed by atoms with van der Waals surface area (Å²) in [4.78, 5) is 30.1. The normalized spacial score (nSPS) is 14.3. The highest BCUT2D eigenvalue weighted by molar-refractivity contribution is 9.10. The van der Waals surface area contributed by atoms with Crippen LogP contribution in [-0.4, -0.2) is 31.4 Å².